The zero-order valence-corrected chi connectivity index (χ0v) is 9.70. The lowest BCUT2D eigenvalue weighted by Crippen LogP contribution is -2.27. The van der Waals surface area contributed by atoms with Crippen molar-refractivity contribution in [3.63, 3.8) is 0 Å². The number of halogens is 1. The first-order chi connectivity index (χ1) is 7.36. The fraction of sp³-hybridized carbons (Fsp3) is 0.300. The summed E-state index contributed by atoms with van der Waals surface area (Å²) < 4.78 is 35.3. The van der Waals surface area contributed by atoms with Crippen LogP contribution in [-0.2, 0) is 9.84 Å². The molecule has 0 heterocycles. The molecule has 0 amide bonds. The number of oxime groups is 1. The molecule has 1 aromatic carbocycles. The molecular formula is C10H12FNO3S. The minimum absolute atomic E-state index is 0.00231. The average Bonchev–Trinajstić information content (AvgIpc) is 2.20. The molecule has 0 saturated carbocycles. The molecule has 0 aliphatic carbocycles. The third-order valence-corrected chi connectivity index (χ3v) is 3.78. The van der Waals surface area contributed by atoms with E-state index in [-0.39, 0.29) is 5.71 Å². The standard InChI is InChI=1S/C10H12FNO3S/c1-7(16(2,14)15)10(12-13)8-3-5-9(11)6-4-8/h3-7,13H,1-2H3/b12-10+/t7-/m1/s1. The Morgan fingerprint density at radius 1 is 1.38 bits per heavy atom. The molecule has 16 heavy (non-hydrogen) atoms. The molecule has 88 valence electrons. The van der Waals surface area contributed by atoms with E-state index in [4.69, 9.17) is 5.21 Å². The lowest BCUT2D eigenvalue weighted by Gasteiger charge is -2.11. The maximum atomic E-state index is 12.7. The second-order valence-electron chi connectivity index (χ2n) is 3.46. The van der Waals surface area contributed by atoms with Crippen LogP contribution in [0.5, 0.6) is 0 Å². The van der Waals surface area contributed by atoms with Crippen molar-refractivity contribution in [3.05, 3.63) is 35.6 Å². The molecule has 0 unspecified atom stereocenters. The van der Waals surface area contributed by atoms with Gasteiger partial charge < -0.3 is 5.21 Å². The van der Waals surface area contributed by atoms with Gasteiger partial charge in [-0.15, -0.1) is 0 Å². The normalized spacial score (nSPS) is 14.8. The Labute approximate surface area is 93.3 Å². The molecule has 0 aliphatic rings. The Morgan fingerprint density at radius 2 is 1.88 bits per heavy atom. The van der Waals surface area contributed by atoms with Crippen LogP contribution in [0.25, 0.3) is 0 Å². The van der Waals surface area contributed by atoms with Crippen molar-refractivity contribution in [2.24, 2.45) is 5.16 Å². The second-order valence-corrected chi connectivity index (χ2v) is 5.83. The fourth-order valence-corrected chi connectivity index (χ4v) is 1.79. The molecule has 4 nitrogen and oxygen atoms in total. The molecule has 1 N–H and O–H groups in total. The van der Waals surface area contributed by atoms with Crippen LogP contribution in [0.2, 0.25) is 0 Å². The van der Waals surface area contributed by atoms with Crippen LogP contribution in [0.3, 0.4) is 0 Å². The van der Waals surface area contributed by atoms with Gasteiger partial charge in [-0.2, -0.15) is 0 Å². The Hall–Kier alpha value is -1.43. The highest BCUT2D eigenvalue weighted by Gasteiger charge is 2.23. The molecule has 0 aromatic heterocycles. The van der Waals surface area contributed by atoms with Crippen LogP contribution in [0.15, 0.2) is 29.4 Å². The van der Waals surface area contributed by atoms with Gasteiger partial charge in [0.15, 0.2) is 9.84 Å². The summed E-state index contributed by atoms with van der Waals surface area (Å²) in [5.41, 5.74) is 0.379. The Morgan fingerprint density at radius 3 is 2.25 bits per heavy atom. The van der Waals surface area contributed by atoms with Crippen LogP contribution < -0.4 is 0 Å². The highest BCUT2D eigenvalue weighted by molar-refractivity contribution is 7.92. The Kier molecular flexibility index (Phi) is 3.64. The van der Waals surface area contributed by atoms with Crippen molar-refractivity contribution in [1.29, 1.82) is 0 Å². The molecule has 0 radical (unpaired) electrons. The monoisotopic (exact) mass is 245 g/mol. The van der Waals surface area contributed by atoms with Crippen LogP contribution >= 0.6 is 0 Å². The fourth-order valence-electron chi connectivity index (χ4n) is 1.20. The van der Waals surface area contributed by atoms with E-state index in [2.05, 4.69) is 5.16 Å². The maximum Gasteiger partial charge on any atom is 0.155 e. The number of sulfone groups is 1. The first kappa shape index (κ1) is 12.6. The molecule has 1 atom stereocenters. The summed E-state index contributed by atoms with van der Waals surface area (Å²) in [4.78, 5) is 0. The van der Waals surface area contributed by atoms with E-state index in [9.17, 15) is 12.8 Å². The van der Waals surface area contributed by atoms with Gasteiger partial charge in [-0.25, -0.2) is 12.8 Å². The van der Waals surface area contributed by atoms with Crippen LogP contribution in [-0.4, -0.2) is 30.8 Å². The average molecular weight is 245 g/mol. The first-order valence-electron chi connectivity index (χ1n) is 4.53. The number of benzene rings is 1. The Balaban J connectivity index is 3.15. The summed E-state index contributed by atoms with van der Waals surface area (Å²) in [5, 5.41) is 10.8. The minimum Gasteiger partial charge on any atom is -0.411 e. The van der Waals surface area contributed by atoms with Crippen LogP contribution in [0.4, 0.5) is 4.39 Å². The largest absolute Gasteiger partial charge is 0.411 e. The van der Waals surface area contributed by atoms with Crippen molar-refractivity contribution in [2.45, 2.75) is 12.2 Å². The van der Waals surface area contributed by atoms with Gasteiger partial charge in [-0.3, -0.25) is 0 Å². The molecule has 0 fully saturated rings. The lowest BCUT2D eigenvalue weighted by atomic mass is 10.1. The Bertz CT molecular complexity index is 493. The maximum absolute atomic E-state index is 12.7. The number of rotatable bonds is 3. The molecule has 0 bridgehead atoms. The van der Waals surface area contributed by atoms with E-state index in [1.165, 1.54) is 31.2 Å². The van der Waals surface area contributed by atoms with Gasteiger partial charge in [0, 0.05) is 11.8 Å². The first-order valence-corrected chi connectivity index (χ1v) is 6.48. The minimum atomic E-state index is -3.36. The van der Waals surface area contributed by atoms with E-state index in [0.717, 1.165) is 6.26 Å². The van der Waals surface area contributed by atoms with Gasteiger partial charge >= 0.3 is 0 Å². The number of nitrogens with zero attached hydrogens (tertiary/aromatic N) is 1. The molecule has 6 heteroatoms. The summed E-state index contributed by atoms with van der Waals surface area (Å²) in [5.74, 6) is -0.437. The lowest BCUT2D eigenvalue weighted by molar-refractivity contribution is 0.318. The van der Waals surface area contributed by atoms with Crippen molar-refractivity contribution in [3.8, 4) is 0 Å². The van der Waals surface area contributed by atoms with Crippen LogP contribution in [0.1, 0.15) is 12.5 Å². The van der Waals surface area contributed by atoms with Crippen molar-refractivity contribution in [2.75, 3.05) is 6.26 Å². The molecule has 1 rings (SSSR count). The van der Waals surface area contributed by atoms with Gasteiger partial charge in [0.2, 0.25) is 0 Å². The smallest absolute Gasteiger partial charge is 0.155 e. The van der Waals surface area contributed by atoms with Crippen molar-refractivity contribution >= 4 is 15.5 Å². The highest BCUT2D eigenvalue weighted by atomic mass is 32.2. The summed E-state index contributed by atoms with van der Waals surface area (Å²) in [6.45, 7) is 1.41. The topological polar surface area (TPSA) is 66.7 Å². The number of hydrogen-bond acceptors (Lipinski definition) is 4. The van der Waals surface area contributed by atoms with E-state index >= 15 is 0 Å². The van der Waals surface area contributed by atoms with Gasteiger partial charge in [0.25, 0.3) is 0 Å². The van der Waals surface area contributed by atoms with E-state index in [1.807, 2.05) is 0 Å². The van der Waals surface area contributed by atoms with Crippen molar-refractivity contribution in [1.82, 2.24) is 0 Å². The summed E-state index contributed by atoms with van der Waals surface area (Å²) in [6.07, 6.45) is 1.05. The van der Waals surface area contributed by atoms with Gasteiger partial charge in [-0.1, -0.05) is 17.3 Å². The summed E-state index contributed by atoms with van der Waals surface area (Å²) in [7, 11) is -3.36. The van der Waals surface area contributed by atoms with Crippen molar-refractivity contribution < 1.29 is 18.0 Å². The SMILES string of the molecule is C[C@H](/C(=N\O)c1ccc(F)cc1)S(C)(=O)=O. The predicted octanol–water partition coefficient (Wildman–Crippen LogP) is 1.44. The molecule has 1 aromatic rings. The van der Waals surface area contributed by atoms with Crippen LogP contribution in [0, 0.1) is 5.82 Å². The van der Waals surface area contributed by atoms with Gasteiger partial charge in [-0.05, 0) is 19.1 Å². The highest BCUT2D eigenvalue weighted by Crippen LogP contribution is 2.11. The third kappa shape index (κ3) is 2.79. The number of hydrogen-bond donors (Lipinski definition) is 1. The molecular weight excluding hydrogens is 233 g/mol. The molecule has 0 spiro atoms. The van der Waals surface area contributed by atoms with Gasteiger partial charge in [0.05, 0.1) is 0 Å². The van der Waals surface area contributed by atoms with E-state index in [1.54, 1.807) is 0 Å². The molecule has 0 aliphatic heterocycles. The van der Waals surface area contributed by atoms with E-state index in [0.29, 0.717) is 5.56 Å². The third-order valence-electron chi connectivity index (χ3n) is 2.28. The zero-order chi connectivity index (χ0) is 12.3. The quantitative estimate of drug-likeness (QED) is 0.497. The summed E-state index contributed by atoms with van der Waals surface area (Å²) in [6, 6.07) is 5.09. The zero-order valence-electron chi connectivity index (χ0n) is 8.88. The van der Waals surface area contributed by atoms with E-state index < -0.39 is 20.9 Å². The predicted molar refractivity (Wildman–Crippen MR) is 59.0 cm³/mol. The van der Waals surface area contributed by atoms with Gasteiger partial charge in [0.1, 0.15) is 16.8 Å². The summed E-state index contributed by atoms with van der Waals surface area (Å²) >= 11 is 0. The second kappa shape index (κ2) is 4.61. The molecule has 0 saturated heterocycles.